The molecule has 7 aliphatic rings. The average molecular weight is 1600 g/mol. The first-order valence-electron chi connectivity index (χ1n) is 35.4. The van der Waals surface area contributed by atoms with Gasteiger partial charge in [-0.1, -0.05) is 72.9 Å². The third-order valence-corrected chi connectivity index (χ3v) is 20.1. The second kappa shape index (κ2) is 34.2. The summed E-state index contributed by atoms with van der Waals surface area (Å²) in [5, 5.41) is 127. The van der Waals surface area contributed by atoms with Gasteiger partial charge in [-0.2, -0.15) is 0 Å². The Morgan fingerprint density at radius 2 is 1.31 bits per heavy atom. The third kappa shape index (κ3) is 18.2. The fraction of sp³-hybridized carbons (Fsp3) is 0.400. The number of rotatable bonds is 16. The lowest BCUT2D eigenvalue weighted by Gasteiger charge is -2.47. The summed E-state index contributed by atoms with van der Waals surface area (Å²) < 4.78 is 38.6. The number of primary amides is 1. The number of nitrogens with two attached hydrogens (primary N) is 2. The summed E-state index contributed by atoms with van der Waals surface area (Å²) in [7, 11) is 1.47. The Bertz CT molecular complexity index is 4630. The number of carbonyl (C=O) groups excluding carboxylic acids is 9. The van der Waals surface area contributed by atoms with Gasteiger partial charge in [0, 0.05) is 34.8 Å². The number of anilines is 1. The van der Waals surface area contributed by atoms with Gasteiger partial charge in [0.05, 0.1) is 47.9 Å². The van der Waals surface area contributed by atoms with Crippen LogP contribution in [0.25, 0.3) is 11.1 Å². The van der Waals surface area contributed by atoms with Crippen LogP contribution in [0.3, 0.4) is 0 Å². The molecule has 18 unspecified atom stereocenters. The molecule has 13 rings (SSSR count). The molecule has 11 bridgehead atoms. The fourth-order valence-electron chi connectivity index (χ4n) is 13.6. The summed E-state index contributed by atoms with van der Waals surface area (Å²) in [4.78, 5) is 133. The fourth-order valence-corrected chi connectivity index (χ4v) is 14.1. The molecule has 2 saturated heterocycles. The number of carbonyl (C=O) groups is 9. The molecule has 6 aromatic carbocycles. The first-order valence-corrected chi connectivity index (χ1v) is 36.1. The number of hydrogen-bond acceptors (Lipinski definition) is 26. The number of amides is 9. The number of aromatic hydroxyl groups is 3. The molecule has 2 fully saturated rings. The molecule has 35 nitrogen and oxygen atoms in total. The van der Waals surface area contributed by atoms with Crippen LogP contribution in [-0.2, 0) is 57.4 Å². The minimum Gasteiger partial charge on any atom is -0.508 e. The lowest BCUT2D eigenvalue weighted by molar-refractivity contribution is -0.333. The molecule has 18 atom stereocenters. The van der Waals surface area contributed by atoms with Gasteiger partial charge in [0.25, 0.3) is 0 Å². The van der Waals surface area contributed by atoms with Gasteiger partial charge in [0.2, 0.25) is 65.2 Å². The van der Waals surface area contributed by atoms with Gasteiger partial charge >= 0.3 is 0 Å². The van der Waals surface area contributed by atoms with E-state index in [1.807, 2.05) is 20.8 Å². The number of phenols is 3. The van der Waals surface area contributed by atoms with Gasteiger partial charge in [-0.15, -0.1) is 0 Å². The van der Waals surface area contributed by atoms with Gasteiger partial charge in [-0.05, 0) is 135 Å². The van der Waals surface area contributed by atoms with E-state index in [1.54, 1.807) is 24.3 Å². The summed E-state index contributed by atoms with van der Waals surface area (Å²) in [5.41, 5.74) is 9.38. The lowest BCUT2D eigenvalue weighted by atomic mass is 9.86. The number of aryl methyl sites for hydroxylation is 1. The summed E-state index contributed by atoms with van der Waals surface area (Å²) in [6.45, 7) is 6.70. The van der Waals surface area contributed by atoms with Crippen LogP contribution in [0.1, 0.15) is 111 Å². The maximum Gasteiger partial charge on any atom is 0.248 e. The van der Waals surface area contributed by atoms with Crippen molar-refractivity contribution in [3.05, 3.63) is 147 Å². The normalized spacial score (nSPS) is 27.6. The molecule has 0 aliphatic carbocycles. The SMILES string of the molecule is CNC(CC(C)C)C(=O)NC1C(=O)NC(CC(N)=O)C(=O)NC2C(=O)NC3C(=O)NC(C(=O)NC(C(=O)NCC(=O)Nc4ccc(C)cc4)c4cc(O)cc(O)c4-c4cc3ccc4O)C(O)c3ccc(c(Cl)c3)Oc3cc2cc(c3OC2OC(CO)C(O)C(O)C2OC2CC(C)(N)C(O)C(C)O2)Oc2ccc(cc2Cl)C1O. The first-order chi connectivity index (χ1) is 53.0. The molecule has 0 spiro atoms. The molecule has 0 radical (unpaired) electrons. The van der Waals surface area contributed by atoms with E-state index in [0.29, 0.717) is 5.69 Å². The predicted molar refractivity (Wildman–Crippen MR) is 394 cm³/mol. The van der Waals surface area contributed by atoms with Crippen LogP contribution >= 0.6 is 23.2 Å². The van der Waals surface area contributed by atoms with Gasteiger partial charge in [-0.3, -0.25) is 43.2 Å². The monoisotopic (exact) mass is 1590 g/mol. The van der Waals surface area contributed by atoms with E-state index in [4.69, 9.17) is 63.1 Å². The number of nitrogens with one attached hydrogen (secondary N) is 9. The zero-order valence-electron chi connectivity index (χ0n) is 60.8. The summed E-state index contributed by atoms with van der Waals surface area (Å²) in [6.07, 6.45) is -18.7. The van der Waals surface area contributed by atoms with Crippen LogP contribution in [-0.4, -0.2) is 198 Å². The lowest BCUT2D eigenvalue weighted by Crippen LogP contribution is -2.64. The van der Waals surface area contributed by atoms with Gasteiger partial charge in [0.1, 0.15) is 95.5 Å². The molecule has 0 saturated carbocycles. The third-order valence-electron chi connectivity index (χ3n) is 19.5. The first kappa shape index (κ1) is 82.5. The van der Waals surface area contributed by atoms with Crippen LogP contribution in [0.15, 0.2) is 103 Å². The number of aliphatic hydroxyl groups is 6. The van der Waals surface area contributed by atoms with Crippen molar-refractivity contribution in [3.8, 4) is 57.1 Å². The van der Waals surface area contributed by atoms with Crippen molar-refractivity contribution < 1.29 is 118 Å². The second-order valence-corrected chi connectivity index (χ2v) is 29.3. The van der Waals surface area contributed by atoms with Gasteiger partial charge in [0.15, 0.2) is 23.9 Å². The average Bonchev–Trinajstić information content (AvgIpc) is 0.769. The van der Waals surface area contributed by atoms with E-state index in [1.165, 1.54) is 33.0 Å². The highest BCUT2D eigenvalue weighted by atomic mass is 35.5. The zero-order valence-corrected chi connectivity index (χ0v) is 62.3. The maximum absolute atomic E-state index is 16.2. The zero-order chi connectivity index (χ0) is 81.2. The van der Waals surface area contributed by atoms with Crippen LogP contribution in [0.2, 0.25) is 10.0 Å². The Morgan fingerprint density at radius 3 is 1.92 bits per heavy atom. The Kier molecular flexibility index (Phi) is 25.2. The molecule has 22 N–H and O–H groups in total. The smallest absolute Gasteiger partial charge is 0.248 e. The number of ether oxygens (including phenoxy) is 6. The Hall–Kier alpha value is -10.5. The quantitative estimate of drug-likeness (QED) is 0.0645. The van der Waals surface area contributed by atoms with Crippen molar-refractivity contribution in [1.29, 1.82) is 0 Å². The van der Waals surface area contributed by atoms with Crippen molar-refractivity contribution in [2.24, 2.45) is 17.4 Å². The largest absolute Gasteiger partial charge is 0.508 e. The number of phenolic OH excluding ortho intramolecular Hbond substituents is 3. The standard InChI is InChI=1S/C75H85Cl2N11O24/c1-29(2)17-42(80-6)67(100)87-58-60(95)33-10-15-46(40(76)19-33)108-48-21-35-22-49(64(48)112-74-65(63(98)62(97)50(28-89)110-74)111-53-26-75(5,79)66(99)31(4)107-53)109-47-16-11-34(20-41(47)77)61(96)59-73(106)86-57(69(102)81-27-52(94)82-36-12-7-30(3)8-13-36)39-23-37(90)24-45(92)54(39)38-18-32(9-14-44(38)91)55(70(103)88-59)85-71(104)56(35)84-68(101)43(25-51(78)93)83-72(58)105/h7-16,18-24,29,31,42-43,50,53,55-63,65-66,74,80,89-92,95-99H,17,25-28,79H2,1-6H3,(H2,78,93)(H,81,102)(H,82,94)(H,83,105)(H,84,101)(H,85,104)(H,86,106)(H,87,100)(H,88,103). The van der Waals surface area contributed by atoms with E-state index in [9.17, 15) is 69.9 Å². The predicted octanol–water partition coefficient (Wildman–Crippen LogP) is 1.08. The van der Waals surface area contributed by atoms with Crippen molar-refractivity contribution in [2.75, 3.05) is 25.5 Å². The number of halogens is 2. The highest BCUT2D eigenvalue weighted by molar-refractivity contribution is 6.32. The molecule has 37 heteroatoms. The second-order valence-electron chi connectivity index (χ2n) is 28.5. The number of likely N-dealkylation sites (N-methyl/N-ethyl adjacent to an activating group) is 1. The van der Waals surface area contributed by atoms with E-state index in [2.05, 4.69) is 47.9 Å². The highest BCUT2D eigenvalue weighted by Crippen LogP contribution is 2.50. The van der Waals surface area contributed by atoms with E-state index >= 15 is 19.2 Å². The van der Waals surface area contributed by atoms with Crippen molar-refractivity contribution in [3.63, 3.8) is 0 Å². The van der Waals surface area contributed by atoms with E-state index in [-0.39, 0.29) is 46.2 Å². The van der Waals surface area contributed by atoms with Crippen molar-refractivity contribution >= 4 is 82.1 Å². The summed E-state index contributed by atoms with van der Waals surface area (Å²) >= 11 is 14.3. The minimum atomic E-state index is -2.37. The number of benzene rings is 6. The Labute approximate surface area is 648 Å². The topological polar surface area (TPSA) is 551 Å². The molecular formula is C75H85Cl2N11O24. The molecule has 598 valence electrons. The molecule has 9 amide bonds. The van der Waals surface area contributed by atoms with Crippen molar-refractivity contribution in [2.45, 2.75) is 163 Å². The Balaban J connectivity index is 1.13. The number of hydrogen-bond donors (Lipinski definition) is 20. The minimum absolute atomic E-state index is 0.107. The molecule has 112 heavy (non-hydrogen) atoms. The molecular weight excluding hydrogens is 1510 g/mol. The molecule has 7 heterocycles. The van der Waals surface area contributed by atoms with Crippen LogP contribution in [0, 0.1) is 12.8 Å². The van der Waals surface area contributed by atoms with Gasteiger partial charge in [-0.25, -0.2) is 0 Å². The number of aliphatic hydroxyl groups excluding tert-OH is 6. The van der Waals surface area contributed by atoms with Gasteiger partial charge < -0.3 is 134 Å². The molecule has 0 aromatic heterocycles. The molecule has 6 aromatic rings. The highest BCUT2D eigenvalue weighted by Gasteiger charge is 2.52. The summed E-state index contributed by atoms with van der Waals surface area (Å²) in [6, 6.07) is 6.18. The molecule has 7 aliphatic heterocycles. The maximum atomic E-state index is 16.2. The Morgan fingerprint density at radius 1 is 0.696 bits per heavy atom. The van der Waals surface area contributed by atoms with Crippen LogP contribution in [0.5, 0.6) is 46.0 Å². The van der Waals surface area contributed by atoms with Crippen molar-refractivity contribution in [1.82, 2.24) is 42.5 Å². The van der Waals surface area contributed by atoms with E-state index in [0.717, 1.165) is 72.3 Å². The number of fused-ring (bicyclic) bond motifs is 15. The van der Waals surface area contributed by atoms with Crippen LogP contribution in [0.4, 0.5) is 5.69 Å². The van der Waals surface area contributed by atoms with Crippen LogP contribution < -0.4 is 73.5 Å². The van der Waals surface area contributed by atoms with E-state index < -0.39 is 250 Å². The summed E-state index contributed by atoms with van der Waals surface area (Å²) in [5.74, 6) is -16.2.